The summed E-state index contributed by atoms with van der Waals surface area (Å²) in [7, 11) is 0. The lowest BCUT2D eigenvalue weighted by Gasteiger charge is -2.05. The first-order valence-electron chi connectivity index (χ1n) is 5.78. The maximum absolute atomic E-state index is 5.82. The van der Waals surface area contributed by atoms with Crippen LogP contribution in [0.25, 0.3) is 0 Å². The molecule has 0 saturated carbocycles. The van der Waals surface area contributed by atoms with Gasteiger partial charge in [-0.2, -0.15) is 0 Å². The number of benzene rings is 1. The number of aryl methyl sites for hydroxylation is 1. The van der Waals surface area contributed by atoms with E-state index >= 15 is 0 Å². The van der Waals surface area contributed by atoms with Gasteiger partial charge in [0.2, 0.25) is 0 Å². The van der Waals surface area contributed by atoms with Crippen LogP contribution < -0.4 is 5.73 Å². The van der Waals surface area contributed by atoms with Crippen molar-refractivity contribution in [2.45, 2.75) is 26.2 Å². The molecule has 0 unspecified atom stereocenters. The van der Waals surface area contributed by atoms with E-state index in [1.807, 2.05) is 6.07 Å². The lowest BCUT2D eigenvalue weighted by Crippen LogP contribution is -1.94. The van der Waals surface area contributed by atoms with Crippen molar-refractivity contribution in [2.75, 3.05) is 5.73 Å². The molecule has 0 saturated heterocycles. The van der Waals surface area contributed by atoms with E-state index in [0.717, 1.165) is 33.9 Å². The van der Waals surface area contributed by atoms with Crippen LogP contribution in [0.3, 0.4) is 0 Å². The molecule has 5 heteroatoms. The molecule has 0 atom stereocenters. The highest BCUT2D eigenvalue weighted by atomic mass is 79.9. The summed E-state index contributed by atoms with van der Waals surface area (Å²) in [5, 5.41) is 0.666. The Kier molecular flexibility index (Phi) is 4.81. The zero-order chi connectivity index (χ0) is 13.1. The maximum Gasteiger partial charge on any atom is 0.180 e. The first kappa shape index (κ1) is 14.0. The third kappa shape index (κ3) is 3.33. The van der Waals surface area contributed by atoms with Gasteiger partial charge in [0.15, 0.2) is 5.13 Å². The van der Waals surface area contributed by atoms with Crippen molar-refractivity contribution in [2.24, 2.45) is 0 Å². The number of hydrogen-bond acceptors (Lipinski definition) is 3. The Bertz CT molecular complexity index is 552. The van der Waals surface area contributed by atoms with Crippen molar-refractivity contribution in [1.82, 2.24) is 4.98 Å². The first-order chi connectivity index (χ1) is 8.60. The third-order valence-corrected chi connectivity index (χ3v) is 4.83. The Labute approximate surface area is 128 Å². The van der Waals surface area contributed by atoms with E-state index in [-0.39, 0.29) is 0 Å². The predicted molar refractivity (Wildman–Crippen MR) is 85.2 cm³/mol. The van der Waals surface area contributed by atoms with E-state index in [4.69, 9.17) is 5.73 Å². The molecular weight excluding hydrogens is 376 g/mol. The fourth-order valence-corrected chi connectivity index (χ4v) is 3.52. The largest absolute Gasteiger partial charge is 0.375 e. The van der Waals surface area contributed by atoms with Crippen LogP contribution in [0.2, 0.25) is 0 Å². The van der Waals surface area contributed by atoms with E-state index in [9.17, 15) is 0 Å². The van der Waals surface area contributed by atoms with E-state index in [1.165, 1.54) is 10.4 Å². The number of nitrogen functional groups attached to an aromatic ring is 1. The van der Waals surface area contributed by atoms with Crippen LogP contribution in [-0.4, -0.2) is 4.98 Å². The number of nitrogens with two attached hydrogens (primary N) is 1. The smallest absolute Gasteiger partial charge is 0.180 e. The summed E-state index contributed by atoms with van der Waals surface area (Å²) in [5.41, 5.74) is 8.22. The van der Waals surface area contributed by atoms with E-state index in [2.05, 4.69) is 55.9 Å². The van der Waals surface area contributed by atoms with Gasteiger partial charge in [0, 0.05) is 20.2 Å². The molecule has 2 nitrogen and oxygen atoms in total. The van der Waals surface area contributed by atoms with Crippen LogP contribution in [0.4, 0.5) is 5.13 Å². The van der Waals surface area contributed by atoms with Gasteiger partial charge in [-0.3, -0.25) is 0 Å². The minimum atomic E-state index is 0.666. The second-order valence-electron chi connectivity index (χ2n) is 4.08. The summed E-state index contributed by atoms with van der Waals surface area (Å²) in [5.74, 6) is 0. The summed E-state index contributed by atoms with van der Waals surface area (Å²) in [6, 6.07) is 6.22. The third-order valence-electron chi connectivity index (χ3n) is 2.64. The highest BCUT2D eigenvalue weighted by Gasteiger charge is 2.11. The molecule has 0 amide bonds. The molecule has 0 spiro atoms. The Hall–Kier alpha value is -0.390. The summed E-state index contributed by atoms with van der Waals surface area (Å²) in [4.78, 5) is 5.69. The normalized spacial score (nSPS) is 10.8. The number of halogens is 2. The summed E-state index contributed by atoms with van der Waals surface area (Å²) in [6.07, 6.45) is 2.97. The lowest BCUT2D eigenvalue weighted by atomic mass is 10.1. The van der Waals surface area contributed by atoms with Gasteiger partial charge in [-0.05, 0) is 30.2 Å². The summed E-state index contributed by atoms with van der Waals surface area (Å²) < 4.78 is 2.22. The van der Waals surface area contributed by atoms with Crippen molar-refractivity contribution in [3.63, 3.8) is 0 Å². The molecule has 0 aliphatic carbocycles. The zero-order valence-corrected chi connectivity index (χ0v) is 14.0. The molecule has 96 valence electrons. The van der Waals surface area contributed by atoms with Gasteiger partial charge in [0.25, 0.3) is 0 Å². The zero-order valence-electron chi connectivity index (χ0n) is 10.0. The van der Waals surface area contributed by atoms with Gasteiger partial charge in [-0.25, -0.2) is 4.98 Å². The molecule has 2 aromatic rings. The van der Waals surface area contributed by atoms with Gasteiger partial charge in [-0.1, -0.05) is 45.2 Å². The lowest BCUT2D eigenvalue weighted by molar-refractivity contribution is 0.879. The molecule has 0 fully saturated rings. The van der Waals surface area contributed by atoms with Crippen molar-refractivity contribution >= 4 is 48.3 Å². The van der Waals surface area contributed by atoms with Crippen molar-refractivity contribution < 1.29 is 0 Å². The van der Waals surface area contributed by atoms with Crippen LogP contribution in [0.5, 0.6) is 0 Å². The molecule has 2 rings (SSSR count). The quantitative estimate of drug-likeness (QED) is 0.815. The fraction of sp³-hybridized carbons (Fsp3) is 0.308. The molecule has 0 bridgehead atoms. The van der Waals surface area contributed by atoms with Crippen molar-refractivity contribution in [3.05, 3.63) is 43.3 Å². The van der Waals surface area contributed by atoms with Crippen LogP contribution in [0.1, 0.15) is 29.5 Å². The second kappa shape index (κ2) is 6.17. The molecule has 0 aliphatic rings. The number of hydrogen-bond donors (Lipinski definition) is 1. The Morgan fingerprint density at radius 3 is 2.83 bits per heavy atom. The van der Waals surface area contributed by atoms with E-state index < -0.39 is 0 Å². The van der Waals surface area contributed by atoms with Crippen LogP contribution in [0.15, 0.2) is 27.1 Å². The molecule has 1 aromatic carbocycles. The van der Waals surface area contributed by atoms with E-state index in [1.54, 1.807) is 11.3 Å². The highest BCUT2D eigenvalue weighted by molar-refractivity contribution is 9.11. The summed E-state index contributed by atoms with van der Waals surface area (Å²) in [6.45, 7) is 2.16. The topological polar surface area (TPSA) is 38.9 Å². The highest BCUT2D eigenvalue weighted by Crippen LogP contribution is 2.29. The van der Waals surface area contributed by atoms with Crippen LogP contribution >= 0.6 is 43.2 Å². The van der Waals surface area contributed by atoms with Gasteiger partial charge in [0.05, 0.1) is 5.69 Å². The standard InChI is InChI=1S/C13H14Br2N2S/c1-2-3-11-12(18-13(16)17-11)7-8-6-9(14)4-5-10(8)15/h4-6H,2-3,7H2,1H3,(H2,16,17). The predicted octanol–water partition coefficient (Wildman–Crippen LogP) is 4.79. The molecule has 18 heavy (non-hydrogen) atoms. The first-order valence-corrected chi connectivity index (χ1v) is 8.18. The SMILES string of the molecule is CCCc1nc(N)sc1Cc1cc(Br)ccc1Br. The molecule has 1 aromatic heterocycles. The fourth-order valence-electron chi connectivity index (χ4n) is 1.83. The van der Waals surface area contributed by atoms with Gasteiger partial charge < -0.3 is 5.73 Å². The minimum Gasteiger partial charge on any atom is -0.375 e. The number of anilines is 1. The summed E-state index contributed by atoms with van der Waals surface area (Å²) >= 11 is 8.69. The van der Waals surface area contributed by atoms with Gasteiger partial charge >= 0.3 is 0 Å². The molecule has 0 radical (unpaired) electrons. The van der Waals surface area contributed by atoms with Crippen LogP contribution in [-0.2, 0) is 12.8 Å². The Balaban J connectivity index is 2.30. The van der Waals surface area contributed by atoms with Crippen molar-refractivity contribution in [1.29, 1.82) is 0 Å². The molecule has 2 N–H and O–H groups in total. The molecule has 0 aliphatic heterocycles. The number of aromatic nitrogens is 1. The van der Waals surface area contributed by atoms with Gasteiger partial charge in [-0.15, -0.1) is 11.3 Å². The monoisotopic (exact) mass is 388 g/mol. The number of thiazole rings is 1. The Morgan fingerprint density at radius 1 is 1.33 bits per heavy atom. The maximum atomic E-state index is 5.82. The Morgan fingerprint density at radius 2 is 2.11 bits per heavy atom. The number of rotatable bonds is 4. The minimum absolute atomic E-state index is 0.666. The average Bonchev–Trinajstić information content (AvgIpc) is 2.65. The van der Waals surface area contributed by atoms with Crippen LogP contribution in [0, 0.1) is 0 Å². The average molecular weight is 390 g/mol. The molecular formula is C13H14Br2N2S. The van der Waals surface area contributed by atoms with Crippen molar-refractivity contribution in [3.8, 4) is 0 Å². The van der Waals surface area contributed by atoms with Gasteiger partial charge in [0.1, 0.15) is 0 Å². The van der Waals surface area contributed by atoms with E-state index in [0.29, 0.717) is 5.13 Å². The molecule has 1 heterocycles. The second-order valence-corrected chi connectivity index (χ2v) is 6.97. The number of nitrogens with zero attached hydrogens (tertiary/aromatic N) is 1.